The molecule has 0 radical (unpaired) electrons. The second-order valence-electron chi connectivity index (χ2n) is 5.31. The monoisotopic (exact) mass is 260 g/mol. The van der Waals surface area contributed by atoms with Gasteiger partial charge in [-0.3, -0.25) is 0 Å². The van der Waals surface area contributed by atoms with E-state index in [0.29, 0.717) is 11.5 Å². The summed E-state index contributed by atoms with van der Waals surface area (Å²) in [5.41, 5.74) is 0. The Kier molecular flexibility index (Phi) is 4.82. The average Bonchev–Trinajstić information content (AvgIpc) is 2.29. The van der Waals surface area contributed by atoms with Crippen LogP contribution in [0, 0.1) is 0 Å². The fraction of sp³-hybridized carbons (Fsp3) is 1.00. The van der Waals surface area contributed by atoms with Gasteiger partial charge in [0.2, 0.25) is 0 Å². The second kappa shape index (κ2) is 6.16. The van der Waals surface area contributed by atoms with E-state index in [1.807, 2.05) is 0 Å². The fourth-order valence-corrected chi connectivity index (χ4v) is 4.46. The summed E-state index contributed by atoms with van der Waals surface area (Å²) < 4.78 is 23.0. The van der Waals surface area contributed by atoms with E-state index in [-0.39, 0.29) is 6.04 Å². The minimum absolute atomic E-state index is 0.193. The molecule has 5 heteroatoms. The zero-order chi connectivity index (χ0) is 12.1. The Balaban J connectivity index is 1.64. The van der Waals surface area contributed by atoms with Crippen LogP contribution in [0.1, 0.15) is 32.1 Å². The molecule has 100 valence electrons. The van der Waals surface area contributed by atoms with Crippen LogP contribution in [0.5, 0.6) is 0 Å². The van der Waals surface area contributed by atoms with Gasteiger partial charge < -0.3 is 10.2 Å². The summed E-state index contributed by atoms with van der Waals surface area (Å²) in [5.74, 6) is 0.726. The standard InChI is InChI=1S/C12H24N2O2S/c15-17(16)10-4-5-12(11-17)13-6-9-14-7-2-1-3-8-14/h12-13H,1-11H2. The predicted molar refractivity (Wildman–Crippen MR) is 70.0 cm³/mol. The van der Waals surface area contributed by atoms with Gasteiger partial charge in [-0.2, -0.15) is 0 Å². The largest absolute Gasteiger partial charge is 0.312 e. The van der Waals surface area contributed by atoms with E-state index < -0.39 is 9.84 Å². The van der Waals surface area contributed by atoms with Crippen molar-refractivity contribution < 1.29 is 8.42 Å². The number of likely N-dealkylation sites (tertiary alicyclic amines) is 1. The van der Waals surface area contributed by atoms with E-state index in [1.165, 1.54) is 32.4 Å². The summed E-state index contributed by atoms with van der Waals surface area (Å²) in [6, 6.07) is 0.193. The minimum atomic E-state index is -2.76. The third-order valence-corrected chi connectivity index (χ3v) is 5.59. The first-order chi connectivity index (χ1) is 8.16. The second-order valence-corrected chi connectivity index (χ2v) is 7.54. The zero-order valence-electron chi connectivity index (χ0n) is 10.5. The van der Waals surface area contributed by atoms with Crippen molar-refractivity contribution in [2.45, 2.75) is 38.1 Å². The number of hydrogen-bond donors (Lipinski definition) is 1. The molecule has 2 aliphatic rings. The Labute approximate surface area is 105 Å². The van der Waals surface area contributed by atoms with Gasteiger partial charge in [-0.25, -0.2) is 8.42 Å². The van der Waals surface area contributed by atoms with Gasteiger partial charge in [0.25, 0.3) is 0 Å². The Morgan fingerprint density at radius 1 is 1.12 bits per heavy atom. The van der Waals surface area contributed by atoms with Crippen LogP contribution < -0.4 is 5.32 Å². The lowest BCUT2D eigenvalue weighted by Crippen LogP contribution is -2.44. The number of sulfone groups is 1. The molecular formula is C12H24N2O2S. The first kappa shape index (κ1) is 13.3. The lowest BCUT2D eigenvalue weighted by Gasteiger charge is -2.28. The molecule has 0 aromatic carbocycles. The van der Waals surface area contributed by atoms with Crippen LogP contribution in [-0.4, -0.2) is 57.0 Å². The number of nitrogens with one attached hydrogen (secondary N) is 1. The zero-order valence-corrected chi connectivity index (χ0v) is 11.3. The molecule has 2 fully saturated rings. The van der Waals surface area contributed by atoms with Gasteiger partial charge in [0.15, 0.2) is 9.84 Å². The highest BCUT2D eigenvalue weighted by atomic mass is 32.2. The highest BCUT2D eigenvalue weighted by molar-refractivity contribution is 7.91. The molecule has 1 unspecified atom stereocenters. The van der Waals surface area contributed by atoms with Crippen molar-refractivity contribution in [1.82, 2.24) is 10.2 Å². The van der Waals surface area contributed by atoms with E-state index in [1.54, 1.807) is 0 Å². The van der Waals surface area contributed by atoms with Crippen LogP contribution >= 0.6 is 0 Å². The van der Waals surface area contributed by atoms with Crippen molar-refractivity contribution in [3.63, 3.8) is 0 Å². The number of nitrogens with zero attached hydrogens (tertiary/aromatic N) is 1. The molecule has 17 heavy (non-hydrogen) atoms. The van der Waals surface area contributed by atoms with E-state index in [9.17, 15) is 8.42 Å². The summed E-state index contributed by atoms with van der Waals surface area (Å²) in [4.78, 5) is 2.48. The lowest BCUT2D eigenvalue weighted by molar-refractivity contribution is 0.226. The van der Waals surface area contributed by atoms with Crippen molar-refractivity contribution in [2.24, 2.45) is 0 Å². The van der Waals surface area contributed by atoms with Crippen LogP contribution in [0.25, 0.3) is 0 Å². The van der Waals surface area contributed by atoms with E-state index in [0.717, 1.165) is 25.9 Å². The van der Waals surface area contributed by atoms with Gasteiger partial charge in [-0.1, -0.05) is 6.42 Å². The van der Waals surface area contributed by atoms with Crippen molar-refractivity contribution in [3.8, 4) is 0 Å². The Morgan fingerprint density at radius 3 is 2.59 bits per heavy atom. The molecule has 4 nitrogen and oxygen atoms in total. The third kappa shape index (κ3) is 4.56. The number of hydrogen-bond acceptors (Lipinski definition) is 4. The van der Waals surface area contributed by atoms with Crippen molar-refractivity contribution >= 4 is 9.84 Å². The molecule has 0 amide bonds. The van der Waals surface area contributed by atoms with Crippen LogP contribution in [0.4, 0.5) is 0 Å². The summed E-state index contributed by atoms with van der Waals surface area (Å²) in [6.07, 6.45) is 5.84. The van der Waals surface area contributed by atoms with Crippen LogP contribution in [0.3, 0.4) is 0 Å². The Hall–Kier alpha value is -0.130. The Bertz CT molecular complexity index is 323. The van der Waals surface area contributed by atoms with Gasteiger partial charge in [-0.05, 0) is 38.8 Å². The third-order valence-electron chi connectivity index (χ3n) is 3.77. The van der Waals surface area contributed by atoms with Crippen molar-refractivity contribution in [2.75, 3.05) is 37.7 Å². The first-order valence-electron chi connectivity index (χ1n) is 6.82. The van der Waals surface area contributed by atoms with E-state index in [2.05, 4.69) is 10.2 Å². The molecule has 2 heterocycles. The van der Waals surface area contributed by atoms with Crippen molar-refractivity contribution in [3.05, 3.63) is 0 Å². The maximum Gasteiger partial charge on any atom is 0.151 e. The average molecular weight is 260 g/mol. The summed E-state index contributed by atoms with van der Waals surface area (Å²) >= 11 is 0. The van der Waals surface area contributed by atoms with Gasteiger partial charge >= 0.3 is 0 Å². The predicted octanol–water partition coefficient (Wildman–Crippen LogP) is 0.639. The smallest absolute Gasteiger partial charge is 0.151 e. The molecule has 2 saturated heterocycles. The van der Waals surface area contributed by atoms with E-state index in [4.69, 9.17) is 0 Å². The van der Waals surface area contributed by atoms with Crippen LogP contribution in [-0.2, 0) is 9.84 Å². The maximum absolute atomic E-state index is 11.5. The highest BCUT2D eigenvalue weighted by Crippen LogP contribution is 2.12. The lowest BCUT2D eigenvalue weighted by atomic mass is 10.1. The molecule has 0 saturated carbocycles. The van der Waals surface area contributed by atoms with E-state index >= 15 is 0 Å². The maximum atomic E-state index is 11.5. The van der Waals surface area contributed by atoms with Gasteiger partial charge in [0.05, 0.1) is 11.5 Å². The summed E-state index contributed by atoms with van der Waals surface area (Å²) in [6.45, 7) is 4.42. The molecule has 1 N–H and O–H groups in total. The SMILES string of the molecule is O=S1(=O)CCCC(NCCN2CCCCC2)C1. The number of rotatable bonds is 4. The molecular weight excluding hydrogens is 236 g/mol. The topological polar surface area (TPSA) is 49.4 Å². The molecule has 0 aliphatic carbocycles. The normalized spacial score (nSPS) is 30.2. The molecule has 0 aromatic heterocycles. The highest BCUT2D eigenvalue weighted by Gasteiger charge is 2.24. The molecule has 2 rings (SSSR count). The summed E-state index contributed by atoms with van der Waals surface area (Å²) in [5, 5.41) is 3.40. The Morgan fingerprint density at radius 2 is 1.88 bits per heavy atom. The van der Waals surface area contributed by atoms with Crippen LogP contribution in [0.2, 0.25) is 0 Å². The van der Waals surface area contributed by atoms with Crippen molar-refractivity contribution in [1.29, 1.82) is 0 Å². The van der Waals surface area contributed by atoms with Gasteiger partial charge in [-0.15, -0.1) is 0 Å². The number of piperidine rings is 1. The first-order valence-corrected chi connectivity index (χ1v) is 8.64. The molecule has 2 aliphatic heterocycles. The fourth-order valence-electron chi connectivity index (χ4n) is 2.79. The van der Waals surface area contributed by atoms with Gasteiger partial charge in [0, 0.05) is 19.1 Å². The minimum Gasteiger partial charge on any atom is -0.312 e. The van der Waals surface area contributed by atoms with Crippen LogP contribution in [0.15, 0.2) is 0 Å². The van der Waals surface area contributed by atoms with Gasteiger partial charge in [0.1, 0.15) is 0 Å². The molecule has 0 aromatic rings. The quantitative estimate of drug-likeness (QED) is 0.806. The molecule has 1 atom stereocenters. The summed E-state index contributed by atoms with van der Waals surface area (Å²) in [7, 11) is -2.76. The molecule has 0 spiro atoms. The molecule has 0 bridgehead atoms.